The van der Waals surface area contributed by atoms with E-state index in [1.54, 1.807) is 0 Å². The number of guanidine groups is 1. The number of nitrogens with two attached hydrogens (primary N) is 3. The summed E-state index contributed by atoms with van der Waals surface area (Å²) in [5.74, 6) is -3.48. The van der Waals surface area contributed by atoms with Crippen LogP contribution in [0.3, 0.4) is 0 Å². The third-order valence-electron chi connectivity index (χ3n) is 3.27. The quantitative estimate of drug-likeness (QED) is 0.0911. The van der Waals surface area contributed by atoms with Crippen LogP contribution in [0.25, 0.3) is 0 Å². The summed E-state index contributed by atoms with van der Waals surface area (Å²) in [5.41, 5.74) is 15.7. The van der Waals surface area contributed by atoms with Crippen LogP contribution >= 0.6 is 0 Å². The van der Waals surface area contributed by atoms with Crippen molar-refractivity contribution in [2.75, 3.05) is 19.6 Å². The summed E-state index contributed by atoms with van der Waals surface area (Å²) in [7, 11) is 0. The first kappa shape index (κ1) is 24.1. The normalized spacial score (nSPS) is 13.6. The lowest BCUT2D eigenvalue weighted by Gasteiger charge is -2.15. The summed E-state index contributed by atoms with van der Waals surface area (Å²) in [6.07, 6.45) is -0.658. The predicted molar refractivity (Wildman–Crippen MR) is 95.2 cm³/mol. The highest BCUT2D eigenvalue weighted by atomic mass is 16.4. The van der Waals surface area contributed by atoms with Crippen LogP contribution in [0, 0.1) is 0 Å². The Morgan fingerprint density at radius 3 is 2.19 bits per heavy atom. The van der Waals surface area contributed by atoms with E-state index in [0.717, 1.165) is 0 Å². The number of carboxylic acid groups (broad SMARTS) is 1. The Morgan fingerprint density at radius 2 is 1.67 bits per heavy atom. The number of nitrogens with one attached hydrogen (secondary N) is 3. The molecule has 0 aromatic rings. The van der Waals surface area contributed by atoms with Gasteiger partial charge in [-0.2, -0.15) is 0 Å². The lowest BCUT2D eigenvalue weighted by Crippen LogP contribution is -2.50. The molecule has 0 saturated heterocycles. The van der Waals surface area contributed by atoms with Gasteiger partial charge in [-0.3, -0.25) is 19.4 Å². The zero-order valence-electron chi connectivity index (χ0n) is 15.0. The van der Waals surface area contributed by atoms with Crippen LogP contribution in [0.2, 0.25) is 0 Å². The third-order valence-corrected chi connectivity index (χ3v) is 3.27. The lowest BCUT2D eigenvalue weighted by atomic mass is 10.1. The van der Waals surface area contributed by atoms with Gasteiger partial charge in [0.25, 0.3) is 0 Å². The maximum absolute atomic E-state index is 11.7. The largest absolute Gasteiger partial charge is 0.480 e. The van der Waals surface area contributed by atoms with Crippen molar-refractivity contribution in [2.45, 2.75) is 38.0 Å². The minimum Gasteiger partial charge on any atom is -0.480 e. The van der Waals surface area contributed by atoms with E-state index >= 15 is 0 Å². The van der Waals surface area contributed by atoms with Gasteiger partial charge < -0.3 is 43.4 Å². The topological polar surface area (TPSA) is 235 Å². The van der Waals surface area contributed by atoms with Crippen molar-refractivity contribution >= 4 is 29.7 Å². The summed E-state index contributed by atoms with van der Waals surface area (Å²) >= 11 is 0. The molecule has 3 amide bonds. The van der Waals surface area contributed by atoms with E-state index < -0.39 is 55.0 Å². The van der Waals surface area contributed by atoms with Gasteiger partial charge in [0.15, 0.2) is 5.96 Å². The zero-order chi connectivity index (χ0) is 21.0. The van der Waals surface area contributed by atoms with Gasteiger partial charge in [0.1, 0.15) is 12.1 Å². The Bertz CT molecular complexity index is 562. The number of hydrogen-bond acceptors (Lipinski definition) is 7. The van der Waals surface area contributed by atoms with E-state index in [1.807, 2.05) is 0 Å². The number of carbonyl (C=O) groups is 4. The first-order valence-electron chi connectivity index (χ1n) is 8.10. The monoisotopic (exact) mass is 389 g/mol. The molecule has 3 atom stereocenters. The molecule has 0 spiro atoms. The molecule has 0 saturated carbocycles. The molecule has 27 heavy (non-hydrogen) atoms. The van der Waals surface area contributed by atoms with Gasteiger partial charge in [-0.25, -0.2) is 4.79 Å². The number of nitrogens with zero attached hydrogens (tertiary/aromatic N) is 1. The molecule has 0 aliphatic heterocycles. The smallest absolute Gasteiger partial charge is 0.326 e. The fourth-order valence-electron chi connectivity index (χ4n) is 1.75. The highest BCUT2D eigenvalue weighted by Crippen LogP contribution is 1.98. The average molecular weight is 389 g/mol. The van der Waals surface area contributed by atoms with Crippen LogP contribution < -0.4 is 33.2 Å². The van der Waals surface area contributed by atoms with E-state index in [-0.39, 0.29) is 18.9 Å². The molecule has 0 fully saturated rings. The second kappa shape index (κ2) is 12.4. The molecule has 0 aliphatic carbocycles. The van der Waals surface area contributed by atoms with Crippen molar-refractivity contribution in [3.63, 3.8) is 0 Å². The molecule has 0 aliphatic rings. The highest BCUT2D eigenvalue weighted by molar-refractivity contribution is 5.90. The van der Waals surface area contributed by atoms with Crippen LogP contribution in [-0.2, 0) is 19.2 Å². The minimum atomic E-state index is -1.24. The predicted octanol–water partition coefficient (Wildman–Crippen LogP) is -4.45. The molecule has 13 heteroatoms. The SMILES string of the molecule is CC(O)C(N)C(=O)NCC(=O)NCC(=O)NC(CCCN=C(N)N)C(=O)O. The maximum atomic E-state index is 11.7. The second-order valence-corrected chi connectivity index (χ2v) is 5.67. The molecule has 0 aromatic carbocycles. The molecule has 0 bridgehead atoms. The van der Waals surface area contributed by atoms with E-state index in [4.69, 9.17) is 27.4 Å². The van der Waals surface area contributed by atoms with Crippen molar-refractivity contribution in [2.24, 2.45) is 22.2 Å². The standard InChI is InChI=1S/C14H27N7O6/c1-7(22)11(15)12(25)20-5-9(23)19-6-10(24)21-8(13(26)27)3-2-4-18-14(16)17/h7-8,11,22H,2-6,15H2,1H3,(H,19,23)(H,20,25)(H,21,24)(H,26,27)(H4,16,17,18). The fourth-order valence-corrected chi connectivity index (χ4v) is 1.75. The third kappa shape index (κ3) is 11.3. The summed E-state index contributed by atoms with van der Waals surface area (Å²) in [4.78, 5) is 49.6. The lowest BCUT2D eigenvalue weighted by molar-refractivity contribution is -0.142. The Kier molecular flexibility index (Phi) is 11.1. The van der Waals surface area contributed by atoms with Gasteiger partial charge in [0.2, 0.25) is 17.7 Å². The second-order valence-electron chi connectivity index (χ2n) is 5.67. The molecule has 11 N–H and O–H groups in total. The highest BCUT2D eigenvalue weighted by Gasteiger charge is 2.21. The zero-order valence-corrected chi connectivity index (χ0v) is 15.0. The molecular weight excluding hydrogens is 362 g/mol. The van der Waals surface area contributed by atoms with Crippen molar-refractivity contribution in [3.8, 4) is 0 Å². The number of amides is 3. The minimum absolute atomic E-state index is 0.0963. The molecule has 0 heterocycles. The number of aliphatic imine (C=N–C) groups is 1. The van der Waals surface area contributed by atoms with Crippen molar-refractivity contribution in [1.82, 2.24) is 16.0 Å². The Hall–Kier alpha value is -2.93. The van der Waals surface area contributed by atoms with Crippen molar-refractivity contribution < 1.29 is 29.4 Å². The molecule has 154 valence electrons. The van der Waals surface area contributed by atoms with Gasteiger partial charge in [-0.05, 0) is 19.8 Å². The van der Waals surface area contributed by atoms with E-state index in [1.165, 1.54) is 6.92 Å². The number of rotatable bonds is 12. The molecule has 0 aromatic heterocycles. The Morgan fingerprint density at radius 1 is 1.07 bits per heavy atom. The molecular formula is C14H27N7O6. The average Bonchev–Trinajstić information content (AvgIpc) is 2.59. The number of carboxylic acids is 1. The fraction of sp³-hybridized carbons (Fsp3) is 0.643. The molecule has 0 rings (SSSR count). The van der Waals surface area contributed by atoms with E-state index in [0.29, 0.717) is 6.42 Å². The van der Waals surface area contributed by atoms with Crippen LogP contribution in [0.15, 0.2) is 4.99 Å². The number of hydrogen-bond donors (Lipinski definition) is 8. The molecule has 13 nitrogen and oxygen atoms in total. The van der Waals surface area contributed by atoms with E-state index in [2.05, 4.69) is 20.9 Å². The van der Waals surface area contributed by atoms with Gasteiger partial charge in [0.05, 0.1) is 19.2 Å². The van der Waals surface area contributed by atoms with Gasteiger partial charge in [0, 0.05) is 6.54 Å². The maximum Gasteiger partial charge on any atom is 0.326 e. The summed E-state index contributed by atoms with van der Waals surface area (Å²) in [6.45, 7) is 0.611. The van der Waals surface area contributed by atoms with Crippen LogP contribution in [-0.4, -0.2) is 77.7 Å². The summed E-state index contributed by atoms with van der Waals surface area (Å²) in [5, 5.41) is 24.9. The summed E-state index contributed by atoms with van der Waals surface area (Å²) in [6, 6.07) is -2.34. The van der Waals surface area contributed by atoms with E-state index in [9.17, 15) is 19.2 Å². The summed E-state index contributed by atoms with van der Waals surface area (Å²) < 4.78 is 0. The van der Waals surface area contributed by atoms with Gasteiger partial charge in [-0.15, -0.1) is 0 Å². The van der Waals surface area contributed by atoms with Crippen LogP contribution in [0.4, 0.5) is 0 Å². The first-order chi connectivity index (χ1) is 12.5. The number of aliphatic carboxylic acids is 1. The molecule has 3 unspecified atom stereocenters. The first-order valence-corrected chi connectivity index (χ1v) is 8.10. The Balaban J connectivity index is 4.23. The number of carbonyl (C=O) groups excluding carboxylic acids is 3. The Labute approximate surface area is 155 Å². The van der Waals surface area contributed by atoms with Crippen molar-refractivity contribution in [3.05, 3.63) is 0 Å². The van der Waals surface area contributed by atoms with Crippen LogP contribution in [0.1, 0.15) is 19.8 Å². The number of aliphatic hydroxyl groups is 1. The van der Waals surface area contributed by atoms with Crippen molar-refractivity contribution in [1.29, 1.82) is 0 Å². The molecule has 0 radical (unpaired) electrons. The van der Waals surface area contributed by atoms with Gasteiger partial charge >= 0.3 is 5.97 Å². The van der Waals surface area contributed by atoms with Crippen LogP contribution in [0.5, 0.6) is 0 Å². The van der Waals surface area contributed by atoms with Gasteiger partial charge in [-0.1, -0.05) is 0 Å². The number of aliphatic hydroxyl groups excluding tert-OH is 1.